The molecule has 4 aromatic rings. The second kappa shape index (κ2) is 8.95. The molecular weight excluding hydrogens is 468 g/mol. The van der Waals surface area contributed by atoms with Gasteiger partial charge in [0, 0.05) is 49.8 Å². The van der Waals surface area contributed by atoms with Crippen molar-refractivity contribution in [3.63, 3.8) is 0 Å². The molecule has 0 radical (unpaired) electrons. The molecule has 5 rings (SSSR count). The number of rotatable bonds is 5. The van der Waals surface area contributed by atoms with Crippen molar-refractivity contribution in [2.24, 2.45) is 7.05 Å². The Morgan fingerprint density at radius 1 is 1.00 bits per heavy atom. The molecule has 36 heavy (non-hydrogen) atoms. The summed E-state index contributed by atoms with van der Waals surface area (Å²) in [6.45, 7) is 1.10. The molecule has 1 saturated heterocycles. The van der Waals surface area contributed by atoms with E-state index in [0.717, 1.165) is 11.2 Å². The summed E-state index contributed by atoms with van der Waals surface area (Å²) in [7, 11) is 4.69. The van der Waals surface area contributed by atoms with E-state index in [9.17, 15) is 19.7 Å². The fraction of sp³-hybridized carbons (Fsp3) is 0.333. The Balaban J connectivity index is 1.49. The number of non-ortho nitro benzene ring substituents is 1. The van der Waals surface area contributed by atoms with Gasteiger partial charge in [-0.1, -0.05) is 0 Å². The lowest BCUT2D eigenvalue weighted by atomic mass is 10.0. The summed E-state index contributed by atoms with van der Waals surface area (Å²) in [5, 5.41) is 12.2. The number of aryl methyl sites for hydroxylation is 1. The van der Waals surface area contributed by atoms with Crippen molar-refractivity contribution in [3.05, 3.63) is 67.6 Å². The lowest BCUT2D eigenvalue weighted by molar-refractivity contribution is -0.384. The fourth-order valence-electron chi connectivity index (χ4n) is 4.86. The van der Waals surface area contributed by atoms with Crippen LogP contribution in [0.5, 0.6) is 11.5 Å². The van der Waals surface area contributed by atoms with Crippen LogP contribution < -0.4 is 25.6 Å². The van der Waals surface area contributed by atoms with Crippen LogP contribution in [0.3, 0.4) is 0 Å². The largest absolute Gasteiger partial charge is 0.493 e. The number of fused-ring (bicyclic) bond motifs is 2. The number of nitro benzene ring substituents is 1. The van der Waals surface area contributed by atoms with E-state index in [1.54, 1.807) is 27.3 Å². The average molecular weight is 492 g/mol. The van der Waals surface area contributed by atoms with Gasteiger partial charge in [0.05, 0.1) is 35.6 Å². The zero-order valence-corrected chi connectivity index (χ0v) is 20.0. The first-order valence-electron chi connectivity index (χ1n) is 11.4. The Hall–Kier alpha value is -4.48. The topological polar surface area (TPSA) is 135 Å². The monoisotopic (exact) mass is 492 g/mol. The molecule has 0 bridgehead atoms. The summed E-state index contributed by atoms with van der Waals surface area (Å²) in [6.07, 6.45) is 2.54. The van der Waals surface area contributed by atoms with Crippen molar-refractivity contribution in [1.82, 2.24) is 19.1 Å². The van der Waals surface area contributed by atoms with Crippen molar-refractivity contribution < 1.29 is 14.4 Å². The third-order valence-corrected chi connectivity index (χ3v) is 6.74. The van der Waals surface area contributed by atoms with Gasteiger partial charge in [-0.05, 0) is 25.0 Å². The first-order chi connectivity index (χ1) is 17.3. The lowest BCUT2D eigenvalue weighted by Gasteiger charge is -2.34. The van der Waals surface area contributed by atoms with Gasteiger partial charge in [-0.15, -0.1) is 0 Å². The smallest absolute Gasteiger partial charge is 0.331 e. The normalized spacial score (nSPS) is 14.4. The third kappa shape index (κ3) is 3.70. The Bertz CT molecular complexity index is 1620. The minimum absolute atomic E-state index is 0.150. The van der Waals surface area contributed by atoms with Gasteiger partial charge >= 0.3 is 5.69 Å². The third-order valence-electron chi connectivity index (χ3n) is 6.74. The second-order valence-electron chi connectivity index (χ2n) is 8.62. The van der Waals surface area contributed by atoms with Crippen LogP contribution in [0.4, 0.5) is 11.5 Å². The molecule has 0 aliphatic carbocycles. The second-order valence-corrected chi connectivity index (χ2v) is 8.62. The van der Waals surface area contributed by atoms with E-state index in [2.05, 4.69) is 14.9 Å². The Labute approximate surface area is 204 Å². The molecule has 1 fully saturated rings. The zero-order valence-electron chi connectivity index (χ0n) is 20.0. The highest BCUT2D eigenvalue weighted by Gasteiger charge is 2.27. The minimum atomic E-state index is -0.552. The maximum absolute atomic E-state index is 13.3. The molecule has 0 N–H and O–H groups in total. The highest BCUT2D eigenvalue weighted by molar-refractivity contribution is 5.92. The molecule has 0 unspecified atom stereocenters. The number of nitro groups is 1. The lowest BCUT2D eigenvalue weighted by Crippen LogP contribution is -2.45. The van der Waals surface area contributed by atoms with Crippen LogP contribution in [0.1, 0.15) is 18.9 Å². The predicted molar refractivity (Wildman–Crippen MR) is 133 cm³/mol. The van der Waals surface area contributed by atoms with Crippen molar-refractivity contribution in [2.45, 2.75) is 18.9 Å². The molecule has 12 heteroatoms. The minimum Gasteiger partial charge on any atom is -0.493 e. The summed E-state index contributed by atoms with van der Waals surface area (Å²) < 4.78 is 13.4. The van der Waals surface area contributed by atoms with Gasteiger partial charge in [0.1, 0.15) is 12.1 Å². The highest BCUT2D eigenvalue weighted by atomic mass is 16.6. The first kappa shape index (κ1) is 23.3. The van der Waals surface area contributed by atoms with Crippen LogP contribution in [0, 0.1) is 10.1 Å². The van der Waals surface area contributed by atoms with Gasteiger partial charge in [0.25, 0.3) is 11.2 Å². The molecule has 1 aliphatic heterocycles. The Kier molecular flexibility index (Phi) is 5.78. The predicted octanol–water partition coefficient (Wildman–Crippen LogP) is 2.41. The van der Waals surface area contributed by atoms with Crippen molar-refractivity contribution in [2.75, 3.05) is 32.2 Å². The van der Waals surface area contributed by atoms with Gasteiger partial charge in [0.15, 0.2) is 11.5 Å². The quantitative estimate of drug-likeness (QED) is 0.304. The molecule has 0 atom stereocenters. The summed E-state index contributed by atoms with van der Waals surface area (Å²) in [4.78, 5) is 48.0. The van der Waals surface area contributed by atoms with Gasteiger partial charge in [-0.25, -0.2) is 14.8 Å². The molecule has 0 spiro atoms. The summed E-state index contributed by atoms with van der Waals surface area (Å²) >= 11 is 0. The number of anilines is 1. The number of hydrogen-bond donors (Lipinski definition) is 0. The van der Waals surface area contributed by atoms with E-state index in [4.69, 9.17) is 9.47 Å². The van der Waals surface area contributed by atoms with E-state index >= 15 is 0 Å². The molecule has 186 valence electrons. The summed E-state index contributed by atoms with van der Waals surface area (Å²) in [6, 6.07) is 7.25. The van der Waals surface area contributed by atoms with Crippen LogP contribution in [-0.4, -0.2) is 51.3 Å². The summed E-state index contributed by atoms with van der Waals surface area (Å²) in [5.74, 6) is 1.87. The van der Waals surface area contributed by atoms with Gasteiger partial charge in [-0.3, -0.25) is 24.0 Å². The molecule has 0 saturated carbocycles. The SMILES string of the molecule is COc1cc2ncnc(N3CCC(n4c(=O)c5cc([N+](=O)[O-])ccc5n(C)c4=O)CC3)c2cc1OC. The zero-order chi connectivity index (χ0) is 25.6. The molecule has 12 nitrogen and oxygen atoms in total. The number of methoxy groups -OCH3 is 2. The van der Waals surface area contributed by atoms with Crippen molar-refractivity contribution in [3.8, 4) is 11.5 Å². The van der Waals surface area contributed by atoms with Gasteiger partial charge in [0.2, 0.25) is 0 Å². The van der Waals surface area contributed by atoms with Crippen molar-refractivity contribution in [1.29, 1.82) is 0 Å². The molecule has 1 aliphatic rings. The van der Waals surface area contributed by atoms with E-state index in [-0.39, 0.29) is 17.1 Å². The van der Waals surface area contributed by atoms with Crippen molar-refractivity contribution >= 4 is 33.3 Å². The van der Waals surface area contributed by atoms with E-state index in [0.29, 0.717) is 48.5 Å². The molecule has 3 heterocycles. The van der Waals surface area contributed by atoms with E-state index < -0.39 is 16.2 Å². The highest BCUT2D eigenvalue weighted by Crippen LogP contribution is 2.36. The number of nitrogens with zero attached hydrogens (tertiary/aromatic N) is 6. The van der Waals surface area contributed by atoms with Crippen LogP contribution >= 0.6 is 0 Å². The first-order valence-corrected chi connectivity index (χ1v) is 11.4. The Morgan fingerprint density at radius 3 is 2.36 bits per heavy atom. The Morgan fingerprint density at radius 2 is 1.69 bits per heavy atom. The average Bonchev–Trinajstić information content (AvgIpc) is 2.90. The number of ether oxygens (including phenoxy) is 2. The van der Waals surface area contributed by atoms with Crippen LogP contribution in [0.2, 0.25) is 0 Å². The maximum atomic E-state index is 13.3. The van der Waals surface area contributed by atoms with E-state index in [1.807, 2.05) is 6.07 Å². The fourth-order valence-corrected chi connectivity index (χ4v) is 4.86. The van der Waals surface area contributed by atoms with Gasteiger partial charge < -0.3 is 14.4 Å². The summed E-state index contributed by atoms with van der Waals surface area (Å²) in [5.41, 5.74) is -0.0758. The standard InChI is InChI=1S/C24H24N6O6/c1-27-19-5-4-15(30(33)34)10-17(19)23(31)29(24(27)32)14-6-8-28(9-7-14)22-16-11-20(35-2)21(36-3)12-18(16)25-13-26-22/h4-5,10-14H,6-9H2,1-3H3. The van der Waals surface area contributed by atoms with E-state index in [1.165, 1.54) is 33.7 Å². The van der Waals surface area contributed by atoms with Crippen LogP contribution in [0.15, 0.2) is 46.2 Å². The number of hydrogen-bond acceptors (Lipinski definition) is 9. The molecule has 2 aromatic heterocycles. The number of benzene rings is 2. The number of aromatic nitrogens is 4. The molecule has 2 aromatic carbocycles. The number of piperidine rings is 1. The molecule has 0 amide bonds. The molecular formula is C24H24N6O6. The maximum Gasteiger partial charge on any atom is 0.331 e. The van der Waals surface area contributed by atoms with Gasteiger partial charge in [-0.2, -0.15) is 0 Å². The van der Waals surface area contributed by atoms with Crippen LogP contribution in [-0.2, 0) is 7.05 Å². The van der Waals surface area contributed by atoms with Crippen LogP contribution in [0.25, 0.3) is 21.8 Å².